The van der Waals surface area contributed by atoms with Crippen molar-refractivity contribution in [3.8, 4) is 0 Å². The average molecular weight is 312 g/mol. The number of aliphatic hydroxyl groups excluding tert-OH is 1. The maximum Gasteiger partial charge on any atom is 0.265 e. The zero-order valence-corrected chi connectivity index (χ0v) is 13.4. The van der Waals surface area contributed by atoms with Crippen LogP contribution in [-0.4, -0.2) is 35.2 Å². The van der Waals surface area contributed by atoms with E-state index in [2.05, 4.69) is 29.5 Å². The molecular weight excluding hydrogens is 288 g/mol. The van der Waals surface area contributed by atoms with Crippen LogP contribution in [0.5, 0.6) is 0 Å². The molecule has 118 valence electrons. The van der Waals surface area contributed by atoms with Gasteiger partial charge in [-0.15, -0.1) is 0 Å². The monoisotopic (exact) mass is 312 g/mol. The first-order valence-electron chi connectivity index (χ1n) is 7.42. The number of hydrogen-bond acceptors (Lipinski definition) is 6. The van der Waals surface area contributed by atoms with Gasteiger partial charge in [-0.2, -0.15) is 0 Å². The lowest BCUT2D eigenvalue weighted by Gasteiger charge is -2.10. The number of nitrogens with one attached hydrogen (secondary N) is 2. The smallest absolute Gasteiger partial charge is 0.265 e. The summed E-state index contributed by atoms with van der Waals surface area (Å²) >= 11 is 1.28. The number of amides is 1. The fraction of sp³-hybridized carbons (Fsp3) is 0.714. The van der Waals surface area contributed by atoms with Gasteiger partial charge < -0.3 is 21.5 Å². The van der Waals surface area contributed by atoms with E-state index in [0.29, 0.717) is 28.4 Å². The maximum atomic E-state index is 12.1. The molecule has 0 aliphatic heterocycles. The van der Waals surface area contributed by atoms with E-state index in [-0.39, 0.29) is 17.8 Å². The summed E-state index contributed by atoms with van der Waals surface area (Å²) in [5.41, 5.74) is 5.81. The maximum absolute atomic E-state index is 12.1. The molecule has 1 heterocycles. The number of anilines is 2. The number of thiazole rings is 1. The Bertz CT molecular complexity index is 489. The van der Waals surface area contributed by atoms with Crippen LogP contribution in [0.3, 0.4) is 0 Å². The molecule has 7 heteroatoms. The van der Waals surface area contributed by atoms with Crippen molar-refractivity contribution in [1.82, 2.24) is 10.3 Å². The molecule has 5 N–H and O–H groups in total. The Morgan fingerprint density at radius 3 is 2.90 bits per heavy atom. The van der Waals surface area contributed by atoms with Crippen LogP contribution in [0.4, 0.5) is 10.9 Å². The van der Waals surface area contributed by atoms with Crippen molar-refractivity contribution >= 4 is 28.2 Å². The minimum absolute atomic E-state index is 0.177. The molecule has 0 spiro atoms. The van der Waals surface area contributed by atoms with Crippen LogP contribution in [0.15, 0.2) is 0 Å². The van der Waals surface area contributed by atoms with Crippen LogP contribution in [0, 0.1) is 11.8 Å². The Balaban J connectivity index is 1.86. The number of nitrogen functional groups attached to an aromatic ring is 1. The Morgan fingerprint density at radius 1 is 1.52 bits per heavy atom. The molecule has 0 radical (unpaired) electrons. The predicted molar refractivity (Wildman–Crippen MR) is 85.5 cm³/mol. The number of carbonyl (C=O) groups is 1. The summed E-state index contributed by atoms with van der Waals surface area (Å²) in [6.45, 7) is 5.59. The lowest BCUT2D eigenvalue weighted by atomic mass is 10.1. The number of nitrogens with two attached hydrogens (primary N) is 1. The van der Waals surface area contributed by atoms with Gasteiger partial charge in [0.1, 0.15) is 10.7 Å². The summed E-state index contributed by atoms with van der Waals surface area (Å²) in [6.07, 6.45) is 2.33. The lowest BCUT2D eigenvalue weighted by Crippen LogP contribution is -2.28. The fourth-order valence-corrected chi connectivity index (χ4v) is 3.22. The molecule has 1 aliphatic carbocycles. The molecule has 1 saturated carbocycles. The molecule has 21 heavy (non-hydrogen) atoms. The highest BCUT2D eigenvalue weighted by molar-refractivity contribution is 7.18. The average Bonchev–Trinajstić information content (AvgIpc) is 3.00. The van der Waals surface area contributed by atoms with Gasteiger partial charge in [-0.3, -0.25) is 4.79 Å². The van der Waals surface area contributed by atoms with E-state index in [4.69, 9.17) is 5.73 Å². The molecule has 0 saturated heterocycles. The van der Waals surface area contributed by atoms with Crippen LogP contribution in [0.2, 0.25) is 0 Å². The van der Waals surface area contributed by atoms with E-state index in [1.165, 1.54) is 11.3 Å². The van der Waals surface area contributed by atoms with Crippen LogP contribution in [-0.2, 0) is 0 Å². The molecule has 0 aromatic carbocycles. The number of carbonyl (C=O) groups excluding carboxylic acids is 1. The van der Waals surface area contributed by atoms with Crippen LogP contribution < -0.4 is 16.4 Å². The molecule has 2 rings (SSSR count). The number of aromatic nitrogens is 1. The Kier molecular flexibility index (Phi) is 5.41. The second-order valence-corrected chi connectivity index (χ2v) is 7.05. The summed E-state index contributed by atoms with van der Waals surface area (Å²) in [6, 6.07) is 0. The molecule has 1 aliphatic rings. The van der Waals surface area contributed by atoms with Gasteiger partial charge >= 0.3 is 0 Å². The third-order valence-corrected chi connectivity index (χ3v) is 4.61. The van der Waals surface area contributed by atoms with Crippen LogP contribution >= 0.6 is 11.3 Å². The van der Waals surface area contributed by atoms with Gasteiger partial charge in [0.25, 0.3) is 5.91 Å². The van der Waals surface area contributed by atoms with Crippen LogP contribution in [0.25, 0.3) is 0 Å². The number of hydrogen-bond donors (Lipinski definition) is 4. The van der Waals surface area contributed by atoms with E-state index in [1.54, 1.807) is 0 Å². The highest BCUT2D eigenvalue weighted by atomic mass is 32.1. The minimum atomic E-state index is -0.216. The summed E-state index contributed by atoms with van der Waals surface area (Å²) in [5.74, 6) is 0.956. The molecule has 1 aromatic rings. The van der Waals surface area contributed by atoms with Gasteiger partial charge in [-0.05, 0) is 31.1 Å². The summed E-state index contributed by atoms with van der Waals surface area (Å²) in [5, 5.41) is 16.2. The number of aliphatic hydroxyl groups is 1. The summed E-state index contributed by atoms with van der Waals surface area (Å²) < 4.78 is 0. The van der Waals surface area contributed by atoms with E-state index in [0.717, 1.165) is 25.8 Å². The molecule has 1 amide bonds. The Labute approximate surface area is 129 Å². The second kappa shape index (κ2) is 7.09. The van der Waals surface area contributed by atoms with Gasteiger partial charge in [0, 0.05) is 13.1 Å². The first-order valence-corrected chi connectivity index (χ1v) is 8.23. The van der Waals surface area contributed by atoms with Crippen molar-refractivity contribution in [3.63, 3.8) is 0 Å². The quantitative estimate of drug-likeness (QED) is 0.640. The minimum Gasteiger partial charge on any atom is -0.393 e. The van der Waals surface area contributed by atoms with Gasteiger partial charge in [0.2, 0.25) is 0 Å². The second-order valence-electron chi connectivity index (χ2n) is 6.05. The SMILES string of the molecule is CC(C)CNc1nc(N)c(C(=O)NCC2CCC(O)C2)s1. The molecule has 2 unspecified atom stereocenters. The number of nitrogens with zero attached hydrogens (tertiary/aromatic N) is 1. The van der Waals surface area contributed by atoms with E-state index in [9.17, 15) is 9.90 Å². The van der Waals surface area contributed by atoms with Crippen molar-refractivity contribution in [2.24, 2.45) is 11.8 Å². The van der Waals surface area contributed by atoms with E-state index < -0.39 is 0 Å². The topological polar surface area (TPSA) is 100 Å². The fourth-order valence-electron chi connectivity index (χ4n) is 2.41. The predicted octanol–water partition coefficient (Wildman–Crippen LogP) is 1.68. The first-order chi connectivity index (χ1) is 9.95. The molecule has 0 bridgehead atoms. The normalized spacial score (nSPS) is 21.7. The molecule has 2 atom stereocenters. The van der Waals surface area contributed by atoms with Gasteiger partial charge in [0.15, 0.2) is 5.13 Å². The van der Waals surface area contributed by atoms with Crippen LogP contribution in [0.1, 0.15) is 42.8 Å². The van der Waals surface area contributed by atoms with Gasteiger partial charge in [-0.25, -0.2) is 4.98 Å². The zero-order chi connectivity index (χ0) is 15.4. The molecule has 6 nitrogen and oxygen atoms in total. The lowest BCUT2D eigenvalue weighted by molar-refractivity contribution is 0.0950. The van der Waals surface area contributed by atoms with Crippen molar-refractivity contribution in [1.29, 1.82) is 0 Å². The van der Waals surface area contributed by atoms with Crippen molar-refractivity contribution in [2.45, 2.75) is 39.2 Å². The highest BCUT2D eigenvalue weighted by Gasteiger charge is 2.24. The molecule has 1 fully saturated rings. The molecular formula is C14H24N4O2S. The standard InChI is InChI=1S/C14H24N4O2S/c1-8(2)6-17-14-18-12(15)11(21-14)13(20)16-7-9-3-4-10(19)5-9/h8-10,19H,3-7,15H2,1-2H3,(H,16,20)(H,17,18). The number of rotatable bonds is 6. The molecule has 1 aromatic heterocycles. The van der Waals surface area contributed by atoms with Gasteiger partial charge in [0.05, 0.1) is 6.10 Å². The zero-order valence-electron chi connectivity index (χ0n) is 12.6. The third kappa shape index (κ3) is 4.57. The Morgan fingerprint density at radius 2 is 2.29 bits per heavy atom. The van der Waals surface area contributed by atoms with E-state index in [1.807, 2.05) is 0 Å². The highest BCUT2D eigenvalue weighted by Crippen LogP contribution is 2.27. The summed E-state index contributed by atoms with van der Waals surface area (Å²) in [7, 11) is 0. The Hall–Kier alpha value is -1.34. The van der Waals surface area contributed by atoms with Crippen molar-refractivity contribution in [2.75, 3.05) is 24.1 Å². The third-order valence-electron chi connectivity index (χ3n) is 3.59. The largest absolute Gasteiger partial charge is 0.393 e. The summed E-state index contributed by atoms with van der Waals surface area (Å²) in [4.78, 5) is 16.8. The first kappa shape index (κ1) is 16.0. The van der Waals surface area contributed by atoms with Gasteiger partial charge in [-0.1, -0.05) is 25.2 Å². The van der Waals surface area contributed by atoms with E-state index >= 15 is 0 Å². The van der Waals surface area contributed by atoms with Crippen molar-refractivity contribution < 1.29 is 9.90 Å². The van der Waals surface area contributed by atoms with Crippen molar-refractivity contribution in [3.05, 3.63) is 4.88 Å².